The fourth-order valence-corrected chi connectivity index (χ4v) is 3.14. The molecule has 2 aromatic rings. The number of benzene rings is 1. The van der Waals surface area contributed by atoms with Crippen LogP contribution in [0.25, 0.3) is 10.2 Å². The Morgan fingerprint density at radius 1 is 1.45 bits per heavy atom. The van der Waals surface area contributed by atoms with E-state index in [0.29, 0.717) is 0 Å². The van der Waals surface area contributed by atoms with Crippen LogP contribution in [0.2, 0.25) is 0 Å². The van der Waals surface area contributed by atoms with Gasteiger partial charge in [-0.1, -0.05) is 6.07 Å². The standard InChI is InChI=1S/C7H3BrINS/c8-4-2-1-3-5-6(4)10-7(9)11-5/h1-3H. The Hall–Kier alpha value is 0.320. The van der Waals surface area contributed by atoms with Gasteiger partial charge >= 0.3 is 0 Å². The molecule has 0 spiro atoms. The average molecular weight is 340 g/mol. The van der Waals surface area contributed by atoms with Crippen molar-refractivity contribution in [1.29, 1.82) is 0 Å². The lowest BCUT2D eigenvalue weighted by Gasteiger charge is -1.88. The van der Waals surface area contributed by atoms with Crippen LogP contribution in [0.4, 0.5) is 0 Å². The normalized spacial score (nSPS) is 10.7. The van der Waals surface area contributed by atoms with E-state index < -0.39 is 0 Å². The molecule has 0 amide bonds. The van der Waals surface area contributed by atoms with Crippen molar-refractivity contribution in [1.82, 2.24) is 4.98 Å². The molecule has 1 heterocycles. The summed E-state index contributed by atoms with van der Waals surface area (Å²) in [5.41, 5.74) is 1.07. The fraction of sp³-hybridized carbons (Fsp3) is 0. The van der Waals surface area contributed by atoms with Crippen LogP contribution < -0.4 is 0 Å². The molecule has 0 aliphatic rings. The molecule has 1 nitrogen and oxygen atoms in total. The van der Waals surface area contributed by atoms with Gasteiger partial charge in [0, 0.05) is 4.47 Å². The van der Waals surface area contributed by atoms with Gasteiger partial charge in [-0.2, -0.15) is 0 Å². The second-order valence-corrected chi connectivity index (χ2v) is 5.69. The van der Waals surface area contributed by atoms with E-state index in [4.69, 9.17) is 0 Å². The quantitative estimate of drug-likeness (QED) is 0.667. The van der Waals surface area contributed by atoms with Gasteiger partial charge < -0.3 is 0 Å². The van der Waals surface area contributed by atoms with E-state index in [-0.39, 0.29) is 0 Å². The minimum absolute atomic E-state index is 1.07. The van der Waals surface area contributed by atoms with Crippen LogP contribution in [0.1, 0.15) is 0 Å². The Labute approximate surface area is 90.1 Å². The second kappa shape index (κ2) is 2.99. The van der Waals surface area contributed by atoms with Crippen LogP contribution in [-0.4, -0.2) is 4.98 Å². The first-order valence-corrected chi connectivity index (χ1v) is 5.67. The fourth-order valence-electron chi connectivity index (χ4n) is 0.888. The Morgan fingerprint density at radius 2 is 2.27 bits per heavy atom. The van der Waals surface area contributed by atoms with Gasteiger partial charge in [-0.15, -0.1) is 11.3 Å². The number of hydrogen-bond donors (Lipinski definition) is 0. The number of para-hydroxylation sites is 1. The first-order valence-electron chi connectivity index (χ1n) is 2.98. The lowest BCUT2D eigenvalue weighted by atomic mass is 10.3. The monoisotopic (exact) mass is 339 g/mol. The van der Waals surface area contributed by atoms with Crippen molar-refractivity contribution in [2.24, 2.45) is 0 Å². The van der Waals surface area contributed by atoms with Crippen LogP contribution in [0, 0.1) is 3.01 Å². The Balaban J connectivity index is 2.90. The molecule has 0 radical (unpaired) electrons. The number of aromatic nitrogens is 1. The third kappa shape index (κ3) is 1.43. The summed E-state index contributed by atoms with van der Waals surface area (Å²) >= 11 is 7.40. The molecule has 0 atom stereocenters. The van der Waals surface area contributed by atoms with Gasteiger partial charge in [0.2, 0.25) is 0 Å². The van der Waals surface area contributed by atoms with Crippen LogP contribution in [-0.2, 0) is 0 Å². The Morgan fingerprint density at radius 3 is 3.00 bits per heavy atom. The van der Waals surface area contributed by atoms with Gasteiger partial charge in [0.15, 0.2) is 3.01 Å². The molecular formula is C7H3BrINS. The lowest BCUT2D eigenvalue weighted by Crippen LogP contribution is -1.69. The highest BCUT2D eigenvalue weighted by Gasteiger charge is 2.02. The van der Waals surface area contributed by atoms with Gasteiger partial charge in [0.25, 0.3) is 0 Å². The molecule has 0 N–H and O–H groups in total. The maximum atomic E-state index is 4.37. The maximum Gasteiger partial charge on any atom is 0.155 e. The SMILES string of the molecule is Brc1cccc2sc(I)nc12. The number of rotatable bonds is 0. The highest BCUT2D eigenvalue weighted by molar-refractivity contribution is 14.1. The summed E-state index contributed by atoms with van der Waals surface area (Å²) in [4.78, 5) is 4.37. The molecule has 0 aliphatic heterocycles. The second-order valence-electron chi connectivity index (χ2n) is 2.05. The van der Waals surface area contributed by atoms with E-state index in [2.05, 4.69) is 49.6 Å². The predicted octanol–water partition coefficient (Wildman–Crippen LogP) is 3.66. The maximum absolute atomic E-state index is 4.37. The average Bonchev–Trinajstić information content (AvgIpc) is 2.31. The molecule has 0 aliphatic carbocycles. The first-order chi connectivity index (χ1) is 5.27. The highest BCUT2D eigenvalue weighted by atomic mass is 127. The lowest BCUT2D eigenvalue weighted by molar-refractivity contribution is 1.43. The number of fused-ring (bicyclic) bond motifs is 1. The topological polar surface area (TPSA) is 12.9 Å². The van der Waals surface area contributed by atoms with Gasteiger partial charge in [-0.25, -0.2) is 4.98 Å². The number of thiazole rings is 1. The van der Waals surface area contributed by atoms with Crippen molar-refractivity contribution in [3.8, 4) is 0 Å². The molecule has 0 saturated carbocycles. The minimum atomic E-state index is 1.07. The summed E-state index contributed by atoms with van der Waals surface area (Å²) in [5.74, 6) is 0. The van der Waals surface area contributed by atoms with Crippen molar-refractivity contribution >= 4 is 60.1 Å². The molecule has 0 bridgehead atoms. The van der Waals surface area contributed by atoms with Gasteiger partial charge in [-0.05, 0) is 50.7 Å². The number of nitrogens with zero attached hydrogens (tertiary/aromatic N) is 1. The van der Waals surface area contributed by atoms with Crippen molar-refractivity contribution in [3.63, 3.8) is 0 Å². The van der Waals surface area contributed by atoms with Gasteiger partial charge in [-0.3, -0.25) is 0 Å². The minimum Gasteiger partial charge on any atom is -0.229 e. The van der Waals surface area contributed by atoms with E-state index in [9.17, 15) is 0 Å². The predicted molar refractivity (Wildman–Crippen MR) is 60.0 cm³/mol. The first kappa shape index (κ1) is 7.94. The van der Waals surface area contributed by atoms with E-state index in [1.165, 1.54) is 4.70 Å². The van der Waals surface area contributed by atoms with E-state index in [0.717, 1.165) is 13.0 Å². The third-order valence-corrected chi connectivity index (χ3v) is 3.69. The summed E-state index contributed by atoms with van der Waals surface area (Å²) in [6.45, 7) is 0. The largest absolute Gasteiger partial charge is 0.229 e. The molecule has 11 heavy (non-hydrogen) atoms. The van der Waals surface area contributed by atoms with Gasteiger partial charge in [0.1, 0.15) is 0 Å². The molecular weight excluding hydrogens is 337 g/mol. The van der Waals surface area contributed by atoms with E-state index in [1.54, 1.807) is 11.3 Å². The summed E-state index contributed by atoms with van der Waals surface area (Å²) in [6, 6.07) is 6.12. The van der Waals surface area contributed by atoms with Crippen molar-refractivity contribution in [3.05, 3.63) is 25.7 Å². The smallest absolute Gasteiger partial charge is 0.155 e. The van der Waals surface area contributed by atoms with Crippen molar-refractivity contribution < 1.29 is 0 Å². The summed E-state index contributed by atoms with van der Waals surface area (Å²) in [5, 5.41) is 0. The zero-order chi connectivity index (χ0) is 7.84. The summed E-state index contributed by atoms with van der Waals surface area (Å²) in [7, 11) is 0. The Kier molecular flexibility index (Phi) is 2.16. The van der Waals surface area contributed by atoms with Crippen LogP contribution in [0.15, 0.2) is 22.7 Å². The molecule has 1 aromatic heterocycles. The van der Waals surface area contributed by atoms with Crippen LogP contribution >= 0.6 is 49.9 Å². The molecule has 1 aromatic carbocycles. The number of hydrogen-bond acceptors (Lipinski definition) is 2. The van der Waals surface area contributed by atoms with E-state index >= 15 is 0 Å². The molecule has 0 unspecified atom stereocenters. The molecule has 56 valence electrons. The third-order valence-electron chi connectivity index (χ3n) is 1.34. The summed E-state index contributed by atoms with van der Waals surface area (Å²) < 4.78 is 3.41. The Bertz CT molecular complexity index is 398. The molecule has 0 saturated heterocycles. The number of halogens is 2. The zero-order valence-corrected chi connectivity index (χ0v) is 9.90. The highest BCUT2D eigenvalue weighted by Crippen LogP contribution is 2.28. The summed E-state index contributed by atoms with van der Waals surface area (Å²) in [6.07, 6.45) is 0. The van der Waals surface area contributed by atoms with E-state index in [1.807, 2.05) is 12.1 Å². The van der Waals surface area contributed by atoms with Crippen molar-refractivity contribution in [2.45, 2.75) is 0 Å². The molecule has 2 rings (SSSR count). The zero-order valence-electron chi connectivity index (χ0n) is 5.34. The van der Waals surface area contributed by atoms with Crippen LogP contribution in [0.3, 0.4) is 0 Å². The van der Waals surface area contributed by atoms with Crippen LogP contribution in [0.5, 0.6) is 0 Å². The van der Waals surface area contributed by atoms with Gasteiger partial charge in [0.05, 0.1) is 10.2 Å². The van der Waals surface area contributed by atoms with Crippen molar-refractivity contribution in [2.75, 3.05) is 0 Å². The molecule has 0 fully saturated rings. The molecule has 4 heteroatoms.